The lowest BCUT2D eigenvalue weighted by Crippen LogP contribution is -2.36. The summed E-state index contributed by atoms with van der Waals surface area (Å²) in [6, 6.07) is 3.23. The van der Waals surface area contributed by atoms with Crippen LogP contribution in [0.25, 0.3) is 0 Å². The van der Waals surface area contributed by atoms with Crippen molar-refractivity contribution in [3.8, 4) is 0 Å². The van der Waals surface area contributed by atoms with Crippen molar-refractivity contribution in [3.05, 3.63) is 53.0 Å². The number of rotatable bonds is 3. The van der Waals surface area contributed by atoms with Crippen molar-refractivity contribution in [2.45, 2.75) is 12.1 Å². The van der Waals surface area contributed by atoms with Gasteiger partial charge < -0.3 is 10.4 Å². The second-order valence-electron chi connectivity index (χ2n) is 4.69. The van der Waals surface area contributed by atoms with Gasteiger partial charge in [0.1, 0.15) is 12.1 Å². The fourth-order valence-corrected chi connectivity index (χ4v) is 2.58. The maximum absolute atomic E-state index is 12.5. The monoisotopic (exact) mass is 362 g/mol. The minimum absolute atomic E-state index is 0.331. The Kier molecular flexibility index (Phi) is 3.86. The summed E-state index contributed by atoms with van der Waals surface area (Å²) in [4.78, 5) is 33.3. The first-order valence-electron chi connectivity index (χ1n) is 6.41. The molecule has 0 radical (unpaired) electrons. The Hall–Kier alpha value is -2.32. The molecule has 2 atom stereocenters. The Balaban J connectivity index is 1.89. The molecule has 1 fully saturated rings. The molecule has 3 amide bonds. The number of nitrogens with one attached hydrogen (secondary N) is 1. The van der Waals surface area contributed by atoms with E-state index in [2.05, 4.69) is 31.2 Å². The normalized spacial score (nSPS) is 19.2. The van der Waals surface area contributed by atoms with E-state index in [0.29, 0.717) is 15.7 Å². The third-order valence-electron chi connectivity index (χ3n) is 3.26. The second kappa shape index (κ2) is 5.82. The smallest absolute Gasteiger partial charge is 0.329 e. The average Bonchev–Trinajstić information content (AvgIpc) is 2.82. The van der Waals surface area contributed by atoms with Crippen LogP contribution >= 0.6 is 15.9 Å². The number of hydrogen-bond donors (Lipinski definition) is 2. The van der Waals surface area contributed by atoms with Gasteiger partial charge in [-0.05, 0) is 28.1 Å². The molecule has 0 aromatic carbocycles. The Bertz CT molecular complexity index is 725. The van der Waals surface area contributed by atoms with Crippen LogP contribution in [0.2, 0.25) is 0 Å². The summed E-state index contributed by atoms with van der Waals surface area (Å²) in [6.07, 6.45) is 4.79. The zero-order chi connectivity index (χ0) is 15.7. The summed E-state index contributed by atoms with van der Waals surface area (Å²) in [5.74, 6) is -0.541. The van der Waals surface area contributed by atoms with Gasteiger partial charge in [-0.3, -0.25) is 14.8 Å². The molecule has 1 aliphatic rings. The predicted octanol–water partition coefficient (Wildman–Crippen LogP) is 1.40. The molecule has 0 saturated carbocycles. The number of aliphatic hydroxyl groups is 1. The van der Waals surface area contributed by atoms with Crippen molar-refractivity contribution in [1.29, 1.82) is 0 Å². The highest BCUT2D eigenvalue weighted by Crippen LogP contribution is 2.26. The quantitative estimate of drug-likeness (QED) is 0.804. The lowest BCUT2D eigenvalue weighted by molar-refractivity contribution is -0.120. The fraction of sp³-hybridized carbons (Fsp3) is 0.143. The Morgan fingerprint density at radius 3 is 2.77 bits per heavy atom. The topological polar surface area (TPSA) is 95.4 Å². The van der Waals surface area contributed by atoms with E-state index >= 15 is 0 Å². The van der Waals surface area contributed by atoms with Gasteiger partial charge in [0.15, 0.2) is 0 Å². The summed E-state index contributed by atoms with van der Waals surface area (Å²) in [5.41, 5.74) is 0.785. The van der Waals surface area contributed by atoms with Gasteiger partial charge in [0.25, 0.3) is 5.91 Å². The van der Waals surface area contributed by atoms with Crippen LogP contribution < -0.4 is 10.2 Å². The largest absolute Gasteiger partial charge is 0.386 e. The molecule has 8 heteroatoms. The van der Waals surface area contributed by atoms with Crippen LogP contribution in [0.3, 0.4) is 0 Å². The molecule has 22 heavy (non-hydrogen) atoms. The maximum atomic E-state index is 12.5. The van der Waals surface area contributed by atoms with Gasteiger partial charge in [0, 0.05) is 28.6 Å². The third-order valence-corrected chi connectivity index (χ3v) is 3.69. The standard InChI is InChI=1S/C14H11BrN4O3/c15-9-4-10(7-17-6-9)19-13(21)11(18-14(19)22)12(20)8-2-1-3-16-5-8/h1-7,11-12,20H,(H,18,22). The molecule has 0 bridgehead atoms. The summed E-state index contributed by atoms with van der Waals surface area (Å²) in [6.45, 7) is 0. The first-order valence-corrected chi connectivity index (χ1v) is 7.20. The number of nitrogens with zero attached hydrogens (tertiary/aromatic N) is 3. The summed E-state index contributed by atoms with van der Waals surface area (Å²) < 4.78 is 0.641. The van der Waals surface area contributed by atoms with Gasteiger partial charge >= 0.3 is 6.03 Å². The number of pyridine rings is 2. The highest BCUT2D eigenvalue weighted by Gasteiger charge is 2.43. The van der Waals surface area contributed by atoms with Gasteiger partial charge in [-0.15, -0.1) is 0 Å². The molecule has 2 aromatic heterocycles. The van der Waals surface area contributed by atoms with E-state index in [9.17, 15) is 14.7 Å². The predicted molar refractivity (Wildman–Crippen MR) is 80.9 cm³/mol. The van der Waals surface area contributed by atoms with Gasteiger partial charge in [-0.2, -0.15) is 0 Å². The van der Waals surface area contributed by atoms with Crippen molar-refractivity contribution in [2.75, 3.05) is 4.90 Å². The third kappa shape index (κ3) is 2.58. The van der Waals surface area contributed by atoms with Crippen LogP contribution in [-0.2, 0) is 4.79 Å². The molecule has 7 nitrogen and oxygen atoms in total. The molecular weight excluding hydrogens is 352 g/mol. The van der Waals surface area contributed by atoms with Crippen molar-refractivity contribution >= 4 is 33.6 Å². The number of amides is 3. The van der Waals surface area contributed by atoms with Crippen molar-refractivity contribution in [1.82, 2.24) is 15.3 Å². The molecule has 0 aliphatic carbocycles. The van der Waals surface area contributed by atoms with Gasteiger partial charge in [-0.1, -0.05) is 6.07 Å². The van der Waals surface area contributed by atoms with E-state index in [1.807, 2.05) is 0 Å². The minimum Gasteiger partial charge on any atom is -0.386 e. The number of urea groups is 1. The zero-order valence-electron chi connectivity index (χ0n) is 11.2. The Labute approximate surface area is 134 Å². The van der Waals surface area contributed by atoms with E-state index in [0.717, 1.165) is 4.90 Å². The SMILES string of the molecule is O=C1NC(C(O)c2cccnc2)C(=O)N1c1cncc(Br)c1. The molecule has 1 aliphatic heterocycles. The molecule has 1 saturated heterocycles. The molecule has 2 N–H and O–H groups in total. The molecular formula is C14H11BrN4O3. The average molecular weight is 363 g/mol. The summed E-state index contributed by atoms with van der Waals surface area (Å²) in [7, 11) is 0. The van der Waals surface area contributed by atoms with Crippen LogP contribution in [0.15, 0.2) is 47.5 Å². The lowest BCUT2D eigenvalue weighted by Gasteiger charge is -2.16. The van der Waals surface area contributed by atoms with E-state index in [4.69, 9.17) is 0 Å². The highest BCUT2D eigenvalue weighted by atomic mass is 79.9. The number of aliphatic hydroxyl groups excluding tert-OH is 1. The van der Waals surface area contributed by atoms with Crippen LogP contribution in [0, 0.1) is 0 Å². The van der Waals surface area contributed by atoms with E-state index < -0.39 is 24.1 Å². The first kappa shape index (κ1) is 14.6. The highest BCUT2D eigenvalue weighted by molar-refractivity contribution is 9.10. The van der Waals surface area contributed by atoms with E-state index in [1.165, 1.54) is 12.4 Å². The van der Waals surface area contributed by atoms with Gasteiger partial charge in [-0.25, -0.2) is 9.69 Å². The number of imide groups is 1. The zero-order valence-corrected chi connectivity index (χ0v) is 12.8. The van der Waals surface area contributed by atoms with Crippen LogP contribution in [0.5, 0.6) is 0 Å². The number of hydrogen-bond acceptors (Lipinski definition) is 5. The van der Waals surface area contributed by atoms with Crippen LogP contribution in [0.4, 0.5) is 10.5 Å². The number of halogens is 1. The second-order valence-corrected chi connectivity index (χ2v) is 5.61. The van der Waals surface area contributed by atoms with Crippen LogP contribution in [-0.4, -0.2) is 33.1 Å². The lowest BCUT2D eigenvalue weighted by atomic mass is 10.0. The molecule has 2 unspecified atom stereocenters. The van der Waals surface area contributed by atoms with Gasteiger partial charge in [0.05, 0.1) is 11.9 Å². The summed E-state index contributed by atoms with van der Waals surface area (Å²) >= 11 is 3.24. The maximum Gasteiger partial charge on any atom is 0.329 e. The van der Waals surface area contributed by atoms with Crippen molar-refractivity contribution in [3.63, 3.8) is 0 Å². The molecule has 2 aromatic rings. The van der Waals surface area contributed by atoms with E-state index in [-0.39, 0.29) is 0 Å². The van der Waals surface area contributed by atoms with E-state index in [1.54, 1.807) is 30.6 Å². The van der Waals surface area contributed by atoms with Crippen molar-refractivity contribution < 1.29 is 14.7 Å². The van der Waals surface area contributed by atoms with Crippen LogP contribution in [0.1, 0.15) is 11.7 Å². The number of anilines is 1. The summed E-state index contributed by atoms with van der Waals surface area (Å²) in [5, 5.41) is 12.8. The number of carbonyl (C=O) groups excluding carboxylic acids is 2. The fourth-order valence-electron chi connectivity index (χ4n) is 2.22. The Morgan fingerprint density at radius 1 is 1.27 bits per heavy atom. The minimum atomic E-state index is -1.17. The number of aromatic nitrogens is 2. The Morgan fingerprint density at radius 2 is 2.09 bits per heavy atom. The molecule has 3 heterocycles. The first-order chi connectivity index (χ1) is 10.6. The molecule has 3 rings (SSSR count). The van der Waals surface area contributed by atoms with Gasteiger partial charge in [0.2, 0.25) is 0 Å². The molecule has 0 spiro atoms. The number of carbonyl (C=O) groups is 2. The molecule has 112 valence electrons. The van der Waals surface area contributed by atoms with Crippen molar-refractivity contribution in [2.24, 2.45) is 0 Å².